The van der Waals surface area contributed by atoms with Gasteiger partial charge in [-0.2, -0.15) is 0 Å². The lowest BCUT2D eigenvalue weighted by Gasteiger charge is -2.41. The summed E-state index contributed by atoms with van der Waals surface area (Å²) in [6.45, 7) is 5.25. The van der Waals surface area contributed by atoms with Crippen molar-refractivity contribution in [2.75, 3.05) is 27.1 Å². The highest BCUT2D eigenvalue weighted by atomic mass is 16.7. The smallest absolute Gasteiger partial charge is 0.231 e. The van der Waals surface area contributed by atoms with Crippen molar-refractivity contribution >= 4 is 0 Å². The summed E-state index contributed by atoms with van der Waals surface area (Å²) in [6, 6.07) is 9.11. The Kier molecular flexibility index (Phi) is 4.55. The van der Waals surface area contributed by atoms with E-state index >= 15 is 0 Å². The van der Waals surface area contributed by atoms with Crippen LogP contribution in [0.4, 0.5) is 0 Å². The van der Waals surface area contributed by atoms with Crippen LogP contribution in [0.2, 0.25) is 0 Å². The van der Waals surface area contributed by atoms with Gasteiger partial charge in [0, 0.05) is 19.1 Å². The Morgan fingerprint density at radius 1 is 1.04 bits per heavy atom. The maximum absolute atomic E-state index is 6.00. The Balaban J connectivity index is 1.46. The van der Waals surface area contributed by atoms with Crippen LogP contribution in [0.15, 0.2) is 24.3 Å². The lowest BCUT2D eigenvalue weighted by Crippen LogP contribution is -2.39. The van der Waals surface area contributed by atoms with E-state index in [9.17, 15) is 0 Å². The topological polar surface area (TPSA) is 40.2 Å². The first-order valence-corrected chi connectivity index (χ1v) is 10.3. The Morgan fingerprint density at radius 2 is 1.86 bits per heavy atom. The Hall–Kier alpha value is -2.40. The SMILES string of the molecule is CCCCOc1cc2c(cc1OC)C[C@H]1c3cc4c(cc3CCN1C2)OCO4. The van der Waals surface area contributed by atoms with Gasteiger partial charge in [0.2, 0.25) is 6.79 Å². The van der Waals surface area contributed by atoms with Crippen LogP contribution in [0.5, 0.6) is 23.0 Å². The second-order valence-electron chi connectivity index (χ2n) is 7.82. The molecule has 0 fully saturated rings. The number of hydrogen-bond acceptors (Lipinski definition) is 5. The van der Waals surface area contributed by atoms with E-state index in [1.54, 1.807) is 7.11 Å². The molecule has 0 bridgehead atoms. The van der Waals surface area contributed by atoms with E-state index in [4.69, 9.17) is 18.9 Å². The van der Waals surface area contributed by atoms with Gasteiger partial charge in [-0.15, -0.1) is 0 Å². The molecule has 3 heterocycles. The number of methoxy groups -OCH3 is 1. The third-order valence-corrected chi connectivity index (χ3v) is 6.13. The first-order chi connectivity index (χ1) is 13.8. The molecule has 2 aromatic carbocycles. The average molecular weight is 381 g/mol. The van der Waals surface area contributed by atoms with E-state index < -0.39 is 0 Å². The normalized spacial score (nSPS) is 19.6. The van der Waals surface area contributed by atoms with Gasteiger partial charge < -0.3 is 18.9 Å². The fourth-order valence-electron chi connectivity index (χ4n) is 4.58. The fourth-order valence-corrected chi connectivity index (χ4v) is 4.58. The molecule has 3 aliphatic heterocycles. The van der Waals surface area contributed by atoms with Crippen molar-refractivity contribution in [3.63, 3.8) is 0 Å². The van der Waals surface area contributed by atoms with Crippen molar-refractivity contribution in [2.45, 2.75) is 45.2 Å². The maximum atomic E-state index is 6.00. The molecule has 0 N–H and O–H groups in total. The highest BCUT2D eigenvalue weighted by Crippen LogP contribution is 2.45. The molecule has 148 valence electrons. The summed E-state index contributed by atoms with van der Waals surface area (Å²) in [5.74, 6) is 3.47. The van der Waals surface area contributed by atoms with Gasteiger partial charge in [-0.25, -0.2) is 0 Å². The molecule has 2 aromatic rings. The van der Waals surface area contributed by atoms with Gasteiger partial charge in [0.25, 0.3) is 0 Å². The number of rotatable bonds is 5. The van der Waals surface area contributed by atoms with Crippen LogP contribution < -0.4 is 18.9 Å². The molecule has 0 unspecified atom stereocenters. The highest BCUT2D eigenvalue weighted by molar-refractivity contribution is 5.53. The summed E-state index contributed by atoms with van der Waals surface area (Å²) in [6.07, 6.45) is 4.21. The summed E-state index contributed by atoms with van der Waals surface area (Å²) in [5, 5.41) is 0. The number of unbranched alkanes of at least 4 members (excludes halogenated alkanes) is 1. The van der Waals surface area contributed by atoms with Crippen LogP contribution in [-0.4, -0.2) is 32.0 Å². The Morgan fingerprint density at radius 3 is 2.68 bits per heavy atom. The van der Waals surface area contributed by atoms with Crippen molar-refractivity contribution in [2.24, 2.45) is 0 Å². The van der Waals surface area contributed by atoms with E-state index in [1.807, 2.05) is 0 Å². The fraction of sp³-hybridized carbons (Fsp3) is 0.478. The van der Waals surface area contributed by atoms with Crippen molar-refractivity contribution in [3.8, 4) is 23.0 Å². The van der Waals surface area contributed by atoms with Crippen LogP contribution in [0.25, 0.3) is 0 Å². The average Bonchev–Trinajstić information content (AvgIpc) is 3.18. The van der Waals surface area contributed by atoms with Crippen LogP contribution in [0, 0.1) is 0 Å². The molecule has 0 spiro atoms. The van der Waals surface area contributed by atoms with Crippen molar-refractivity contribution in [3.05, 3.63) is 46.5 Å². The molecule has 0 saturated heterocycles. The van der Waals surface area contributed by atoms with E-state index in [0.717, 1.165) is 68.4 Å². The molecule has 5 heteroatoms. The second-order valence-corrected chi connectivity index (χ2v) is 7.82. The lowest BCUT2D eigenvalue weighted by atomic mass is 9.83. The molecular formula is C23H27NO4. The molecule has 0 amide bonds. The highest BCUT2D eigenvalue weighted by Gasteiger charge is 2.34. The standard InChI is InChI=1S/C23H27NO4/c1-3-4-7-26-21-11-17-13-24-6-5-15-9-22-23(28-14-27-22)12-18(15)19(24)8-16(17)10-20(21)25-2/h9-12,19H,3-8,13-14H2,1-2H3/t19-/m0/s1. The minimum absolute atomic E-state index is 0.327. The van der Waals surface area contributed by atoms with E-state index in [0.29, 0.717) is 12.8 Å². The van der Waals surface area contributed by atoms with Gasteiger partial charge >= 0.3 is 0 Å². The third kappa shape index (κ3) is 2.98. The molecule has 1 atom stereocenters. The summed E-state index contributed by atoms with van der Waals surface area (Å²) < 4.78 is 22.8. The largest absolute Gasteiger partial charge is 0.493 e. The Bertz CT molecular complexity index is 895. The number of benzene rings is 2. The maximum Gasteiger partial charge on any atom is 0.231 e. The minimum atomic E-state index is 0.327. The summed E-state index contributed by atoms with van der Waals surface area (Å²) in [5.41, 5.74) is 5.48. The summed E-state index contributed by atoms with van der Waals surface area (Å²) in [4.78, 5) is 2.58. The molecule has 5 nitrogen and oxygen atoms in total. The lowest BCUT2D eigenvalue weighted by molar-refractivity contribution is 0.160. The van der Waals surface area contributed by atoms with E-state index in [1.165, 1.54) is 22.3 Å². The summed E-state index contributed by atoms with van der Waals surface area (Å²) in [7, 11) is 1.72. The molecule has 3 aliphatic rings. The number of fused-ring (bicyclic) bond motifs is 5. The van der Waals surface area contributed by atoms with Gasteiger partial charge in [-0.3, -0.25) is 4.90 Å². The van der Waals surface area contributed by atoms with Crippen LogP contribution in [0.3, 0.4) is 0 Å². The zero-order valence-corrected chi connectivity index (χ0v) is 16.6. The molecule has 28 heavy (non-hydrogen) atoms. The zero-order chi connectivity index (χ0) is 19.1. The van der Waals surface area contributed by atoms with Crippen molar-refractivity contribution in [1.29, 1.82) is 0 Å². The molecular weight excluding hydrogens is 354 g/mol. The minimum Gasteiger partial charge on any atom is -0.493 e. The predicted molar refractivity (Wildman–Crippen MR) is 107 cm³/mol. The molecule has 0 aromatic heterocycles. The third-order valence-electron chi connectivity index (χ3n) is 6.13. The molecule has 0 radical (unpaired) electrons. The van der Waals surface area contributed by atoms with Gasteiger partial charge in [-0.1, -0.05) is 13.3 Å². The van der Waals surface area contributed by atoms with E-state index in [2.05, 4.69) is 36.1 Å². The van der Waals surface area contributed by atoms with Crippen LogP contribution in [0.1, 0.15) is 48.1 Å². The molecule has 0 saturated carbocycles. The second kappa shape index (κ2) is 7.21. The van der Waals surface area contributed by atoms with Gasteiger partial charge in [0.1, 0.15) is 0 Å². The van der Waals surface area contributed by atoms with Gasteiger partial charge in [0.15, 0.2) is 23.0 Å². The van der Waals surface area contributed by atoms with Crippen molar-refractivity contribution < 1.29 is 18.9 Å². The summed E-state index contributed by atoms with van der Waals surface area (Å²) >= 11 is 0. The van der Waals surface area contributed by atoms with Gasteiger partial charge in [-0.05, 0) is 65.8 Å². The van der Waals surface area contributed by atoms with Gasteiger partial charge in [0.05, 0.1) is 13.7 Å². The monoisotopic (exact) mass is 381 g/mol. The first kappa shape index (κ1) is 17.7. The number of nitrogens with zero attached hydrogens (tertiary/aromatic N) is 1. The zero-order valence-electron chi connectivity index (χ0n) is 16.6. The molecule has 0 aliphatic carbocycles. The Labute approximate surface area is 166 Å². The molecule has 5 rings (SSSR count). The first-order valence-electron chi connectivity index (χ1n) is 10.3. The van der Waals surface area contributed by atoms with E-state index in [-0.39, 0.29) is 0 Å². The number of hydrogen-bond donors (Lipinski definition) is 0. The van der Waals surface area contributed by atoms with Crippen LogP contribution >= 0.6 is 0 Å². The number of ether oxygens (including phenoxy) is 4. The quantitative estimate of drug-likeness (QED) is 0.724. The predicted octanol–water partition coefficient (Wildman–Crippen LogP) is 4.26. The van der Waals surface area contributed by atoms with Crippen LogP contribution in [-0.2, 0) is 19.4 Å². The van der Waals surface area contributed by atoms with Crippen molar-refractivity contribution in [1.82, 2.24) is 4.90 Å².